The average molecular weight is 911 g/mol. The SMILES string of the molecule is CC(C)(C)c1ccc(N2B3c4c(cc(-c5ccccc5)cc4N(c4ccc(C(C)(C)C)cc4-c4ccccc4)c4ccc5c(c43)C(C)(C)c3ccccc3-5)-c3cc4c(cc32)C(C)(C)CCC4(C)C)cc1. The number of rotatable bonds is 4. The molecule has 2 aliphatic heterocycles. The highest BCUT2D eigenvalue weighted by Crippen LogP contribution is 2.57. The van der Waals surface area contributed by atoms with Crippen LogP contribution in [-0.2, 0) is 27.1 Å². The number of fused-ring (bicyclic) bond motifs is 9. The Kier molecular flexibility index (Phi) is 9.70. The third kappa shape index (κ3) is 6.67. The van der Waals surface area contributed by atoms with Crippen LogP contribution in [0.1, 0.15) is 129 Å². The second-order valence-corrected chi connectivity index (χ2v) is 24.8. The van der Waals surface area contributed by atoms with Gasteiger partial charge in [-0.25, -0.2) is 0 Å². The van der Waals surface area contributed by atoms with Crippen LogP contribution in [-0.4, -0.2) is 6.85 Å². The second kappa shape index (κ2) is 15.2. The van der Waals surface area contributed by atoms with Crippen LogP contribution in [0.2, 0.25) is 0 Å². The van der Waals surface area contributed by atoms with Crippen molar-refractivity contribution in [2.75, 3.05) is 9.71 Å². The summed E-state index contributed by atoms with van der Waals surface area (Å²) in [5, 5.41) is 0. The van der Waals surface area contributed by atoms with Gasteiger partial charge in [-0.1, -0.05) is 192 Å². The van der Waals surface area contributed by atoms with Crippen molar-refractivity contribution in [2.24, 2.45) is 0 Å². The summed E-state index contributed by atoms with van der Waals surface area (Å²) in [5.41, 5.74) is 27.4. The van der Waals surface area contributed by atoms with E-state index in [0.29, 0.717) is 0 Å². The molecular formula is C67H67BN2. The van der Waals surface area contributed by atoms with Gasteiger partial charge in [-0.05, 0) is 167 Å². The van der Waals surface area contributed by atoms with Crippen LogP contribution < -0.4 is 20.6 Å². The summed E-state index contributed by atoms with van der Waals surface area (Å²) in [6, 6.07) is 63.7. The Balaban J connectivity index is 1.27. The molecule has 0 radical (unpaired) electrons. The van der Waals surface area contributed by atoms with E-state index in [2.05, 4.69) is 257 Å². The monoisotopic (exact) mass is 911 g/mol. The number of benzene rings is 8. The zero-order valence-electron chi connectivity index (χ0n) is 43.5. The maximum Gasteiger partial charge on any atom is 0.333 e. The van der Waals surface area contributed by atoms with Crippen LogP contribution in [0.3, 0.4) is 0 Å². The average Bonchev–Trinajstić information content (AvgIpc) is 3.58. The summed E-state index contributed by atoms with van der Waals surface area (Å²) < 4.78 is 0. The van der Waals surface area contributed by atoms with Crippen LogP contribution in [0.15, 0.2) is 164 Å². The van der Waals surface area contributed by atoms with Crippen LogP contribution in [0.5, 0.6) is 0 Å². The third-order valence-corrected chi connectivity index (χ3v) is 17.0. The van der Waals surface area contributed by atoms with Crippen LogP contribution in [0.4, 0.5) is 28.4 Å². The Morgan fingerprint density at radius 2 is 0.986 bits per heavy atom. The number of hydrogen-bond acceptors (Lipinski definition) is 2. The summed E-state index contributed by atoms with van der Waals surface area (Å²) in [5.74, 6) is 0. The molecule has 0 N–H and O–H groups in total. The normalized spacial score (nSPS) is 16.7. The minimum Gasteiger partial charge on any atom is -0.376 e. The molecule has 0 saturated heterocycles. The first kappa shape index (κ1) is 44.6. The van der Waals surface area contributed by atoms with Gasteiger partial charge in [0.25, 0.3) is 0 Å². The standard InChI is InChI=1S/C67H67BN2/c1-63(2,3)45-27-30-47(31-28-45)70-58-41-55-54(65(7,8)35-36-66(55,9)10)40-51(58)52-37-44(42-21-15-13-16-22-42)38-59-61(52)68(70)62-57(34-32-49-48-25-19-20-26-53(48)67(11,12)60(49)62)69(59)56-33-29-46(64(4,5)6)39-50(56)43-23-17-14-18-24-43/h13-34,37-41H,35-36H2,1-12H3. The van der Waals surface area contributed by atoms with E-state index >= 15 is 0 Å². The molecule has 8 aromatic rings. The van der Waals surface area contributed by atoms with E-state index in [1.165, 1.54) is 117 Å². The lowest BCUT2D eigenvalue weighted by Crippen LogP contribution is -2.63. The molecule has 12 rings (SSSR count). The molecule has 2 heterocycles. The maximum atomic E-state index is 2.78. The van der Waals surface area contributed by atoms with Crippen molar-refractivity contribution in [3.8, 4) is 44.5 Å². The van der Waals surface area contributed by atoms with Gasteiger partial charge in [0.1, 0.15) is 0 Å². The smallest absolute Gasteiger partial charge is 0.333 e. The highest BCUT2D eigenvalue weighted by atomic mass is 15.2. The lowest BCUT2D eigenvalue weighted by molar-refractivity contribution is 0.332. The molecule has 4 aliphatic rings. The molecule has 0 spiro atoms. The van der Waals surface area contributed by atoms with Crippen molar-refractivity contribution in [1.82, 2.24) is 0 Å². The predicted molar refractivity (Wildman–Crippen MR) is 301 cm³/mol. The predicted octanol–water partition coefficient (Wildman–Crippen LogP) is 17.0. The van der Waals surface area contributed by atoms with Gasteiger partial charge in [-0.3, -0.25) is 0 Å². The van der Waals surface area contributed by atoms with E-state index in [9.17, 15) is 0 Å². The molecule has 0 atom stereocenters. The Hall–Kier alpha value is -6.58. The molecule has 0 bridgehead atoms. The van der Waals surface area contributed by atoms with Gasteiger partial charge in [0.2, 0.25) is 0 Å². The number of anilines is 5. The first-order valence-electron chi connectivity index (χ1n) is 25.8. The fraction of sp³-hybridized carbons (Fsp3) is 0.284. The Morgan fingerprint density at radius 3 is 1.64 bits per heavy atom. The Bertz CT molecular complexity index is 3420. The first-order valence-corrected chi connectivity index (χ1v) is 25.8. The summed E-state index contributed by atoms with van der Waals surface area (Å²) in [7, 11) is 0. The van der Waals surface area contributed by atoms with Gasteiger partial charge in [0, 0.05) is 39.3 Å². The topological polar surface area (TPSA) is 6.48 Å². The van der Waals surface area contributed by atoms with Gasteiger partial charge in [0.05, 0.1) is 5.69 Å². The lowest BCUT2D eigenvalue weighted by Gasteiger charge is -2.49. The van der Waals surface area contributed by atoms with Gasteiger partial charge < -0.3 is 9.71 Å². The summed E-state index contributed by atoms with van der Waals surface area (Å²) in [6.07, 6.45) is 2.31. The quantitative estimate of drug-likeness (QED) is 0.162. The number of hydrogen-bond donors (Lipinski definition) is 0. The second-order valence-electron chi connectivity index (χ2n) is 24.8. The van der Waals surface area contributed by atoms with Gasteiger partial charge >= 0.3 is 6.85 Å². The maximum absolute atomic E-state index is 2.78. The van der Waals surface area contributed by atoms with E-state index < -0.39 is 0 Å². The molecule has 0 saturated carbocycles. The molecule has 2 aliphatic carbocycles. The van der Waals surface area contributed by atoms with Crippen LogP contribution in [0, 0.1) is 0 Å². The van der Waals surface area contributed by atoms with E-state index in [0.717, 1.165) is 12.8 Å². The van der Waals surface area contributed by atoms with Crippen molar-refractivity contribution in [1.29, 1.82) is 0 Å². The van der Waals surface area contributed by atoms with Gasteiger partial charge in [-0.2, -0.15) is 0 Å². The molecule has 3 heteroatoms. The number of nitrogens with zero attached hydrogens (tertiary/aromatic N) is 2. The van der Waals surface area contributed by atoms with E-state index in [-0.39, 0.29) is 33.9 Å². The van der Waals surface area contributed by atoms with Gasteiger partial charge in [-0.15, -0.1) is 0 Å². The molecule has 0 unspecified atom stereocenters. The van der Waals surface area contributed by atoms with Crippen molar-refractivity contribution >= 4 is 46.2 Å². The molecule has 0 aromatic heterocycles. The largest absolute Gasteiger partial charge is 0.376 e. The van der Waals surface area contributed by atoms with Crippen molar-refractivity contribution in [3.05, 3.63) is 197 Å². The Morgan fingerprint density at radius 1 is 0.400 bits per heavy atom. The Labute approximate surface area is 418 Å². The highest BCUT2D eigenvalue weighted by Gasteiger charge is 2.51. The van der Waals surface area contributed by atoms with Crippen molar-refractivity contribution in [2.45, 2.75) is 123 Å². The molecule has 0 amide bonds. The van der Waals surface area contributed by atoms with Crippen LogP contribution >= 0.6 is 0 Å². The van der Waals surface area contributed by atoms with Crippen LogP contribution in [0.25, 0.3) is 44.5 Å². The minimum absolute atomic E-state index is 0.0220. The lowest BCUT2D eigenvalue weighted by atomic mass is 9.41. The summed E-state index contributed by atoms with van der Waals surface area (Å²) >= 11 is 0. The molecule has 8 aromatic carbocycles. The van der Waals surface area contributed by atoms with E-state index in [1.54, 1.807) is 0 Å². The van der Waals surface area contributed by atoms with E-state index in [1.807, 2.05) is 0 Å². The molecular weight excluding hydrogens is 844 g/mol. The van der Waals surface area contributed by atoms with E-state index in [4.69, 9.17) is 0 Å². The summed E-state index contributed by atoms with van der Waals surface area (Å²) in [6.45, 7) is 28.7. The molecule has 70 heavy (non-hydrogen) atoms. The first-order chi connectivity index (χ1) is 33.2. The highest BCUT2D eigenvalue weighted by molar-refractivity contribution is 6.94. The molecule has 0 fully saturated rings. The molecule has 2 nitrogen and oxygen atoms in total. The van der Waals surface area contributed by atoms with Crippen molar-refractivity contribution in [3.63, 3.8) is 0 Å². The minimum atomic E-state index is -0.271. The summed E-state index contributed by atoms with van der Waals surface area (Å²) in [4.78, 5) is 5.46. The van der Waals surface area contributed by atoms with Crippen molar-refractivity contribution < 1.29 is 0 Å². The zero-order valence-corrected chi connectivity index (χ0v) is 43.5. The molecule has 348 valence electrons. The zero-order chi connectivity index (χ0) is 48.9. The fourth-order valence-corrected chi connectivity index (χ4v) is 12.9. The van der Waals surface area contributed by atoms with Gasteiger partial charge in [0.15, 0.2) is 0 Å². The fourth-order valence-electron chi connectivity index (χ4n) is 12.9. The third-order valence-electron chi connectivity index (χ3n) is 17.0.